The second-order valence-electron chi connectivity index (χ2n) is 2.81. The maximum absolute atomic E-state index is 10.5. The molecule has 0 amide bonds. The van der Waals surface area contributed by atoms with Gasteiger partial charge in [-0.25, -0.2) is 9.59 Å². The molecule has 0 aliphatic carbocycles. The zero-order valence-electron chi connectivity index (χ0n) is 8.87. The second-order valence-corrected chi connectivity index (χ2v) is 4.16. The summed E-state index contributed by atoms with van der Waals surface area (Å²) in [6.07, 6.45) is 0. The smallest absolute Gasteiger partial charge is 0.417 e. The van der Waals surface area contributed by atoms with Crippen LogP contribution in [0, 0.1) is 0 Å². The van der Waals surface area contributed by atoms with E-state index in [2.05, 4.69) is 4.74 Å². The molecule has 0 rings (SSSR count). The highest BCUT2D eigenvalue weighted by atomic mass is 32.2. The van der Waals surface area contributed by atoms with Crippen molar-refractivity contribution in [2.24, 2.45) is 0 Å². The van der Waals surface area contributed by atoms with Gasteiger partial charge in [0.25, 0.3) is 0 Å². The van der Waals surface area contributed by atoms with Gasteiger partial charge in [-0.3, -0.25) is 0 Å². The molecule has 0 heterocycles. The van der Waals surface area contributed by atoms with Crippen molar-refractivity contribution >= 4 is 23.7 Å². The van der Waals surface area contributed by atoms with E-state index in [9.17, 15) is 19.8 Å². The van der Waals surface area contributed by atoms with Crippen LogP contribution < -0.4 is 0 Å². The molecule has 0 atom stereocenters. The number of aliphatic hydroxyl groups is 3. The Morgan fingerprint density at radius 2 is 1.88 bits per heavy atom. The number of thioether (sulfide) groups is 1. The summed E-state index contributed by atoms with van der Waals surface area (Å²) in [4.78, 5) is 20.6. The van der Waals surface area contributed by atoms with E-state index in [-0.39, 0.29) is 25.6 Å². The van der Waals surface area contributed by atoms with E-state index in [1.165, 1.54) is 0 Å². The third-order valence-corrected chi connectivity index (χ3v) is 2.31. The van der Waals surface area contributed by atoms with E-state index in [1.807, 2.05) is 0 Å². The van der Waals surface area contributed by atoms with Crippen molar-refractivity contribution in [2.75, 3.05) is 32.2 Å². The van der Waals surface area contributed by atoms with Crippen LogP contribution in [0.3, 0.4) is 0 Å². The largest absolute Gasteiger partial charge is 0.473 e. The number of aliphatic carboxylic acids is 1. The molecule has 0 aromatic rings. The number of esters is 1. The molecular formula is C8H14O8S. The monoisotopic (exact) mass is 270 g/mol. The number of hydrogen-bond donors (Lipinski definition) is 4. The molecule has 4 N–H and O–H groups in total. The minimum atomic E-state index is -2.37. The number of carbonyl (C=O) groups is 2. The average molecular weight is 270 g/mol. The molecule has 0 saturated carbocycles. The van der Waals surface area contributed by atoms with Crippen LogP contribution in [-0.2, 0) is 19.1 Å². The van der Waals surface area contributed by atoms with E-state index < -0.39 is 23.7 Å². The number of carboxylic acids is 1. The zero-order chi connectivity index (χ0) is 13.3. The predicted octanol–water partition coefficient (Wildman–Crippen LogP) is -2.01. The third kappa shape index (κ3) is 8.89. The Hall–Kier alpha value is -0.870. The van der Waals surface area contributed by atoms with Crippen molar-refractivity contribution in [3.8, 4) is 0 Å². The van der Waals surface area contributed by atoms with Gasteiger partial charge in [0.2, 0.25) is 5.12 Å². The lowest BCUT2D eigenvalue weighted by atomic mass is 10.6. The lowest BCUT2D eigenvalue weighted by Gasteiger charge is -2.19. The molecule has 0 aromatic carbocycles. The normalized spacial score (nSPS) is 11.2. The van der Waals surface area contributed by atoms with Gasteiger partial charge in [-0.2, -0.15) is 0 Å². The highest BCUT2D eigenvalue weighted by molar-refractivity contribution is 8.00. The van der Waals surface area contributed by atoms with Gasteiger partial charge < -0.3 is 29.9 Å². The van der Waals surface area contributed by atoms with Gasteiger partial charge in [-0.05, 0) is 0 Å². The maximum Gasteiger partial charge on any atom is 0.417 e. The summed E-state index contributed by atoms with van der Waals surface area (Å²) in [6, 6.07) is 0. The van der Waals surface area contributed by atoms with Crippen molar-refractivity contribution in [2.45, 2.75) is 5.12 Å². The molecule has 8 nitrogen and oxygen atoms in total. The highest BCUT2D eigenvalue weighted by Gasteiger charge is 2.27. The van der Waals surface area contributed by atoms with Crippen molar-refractivity contribution in [1.82, 2.24) is 0 Å². The Morgan fingerprint density at radius 3 is 2.41 bits per heavy atom. The molecule has 17 heavy (non-hydrogen) atoms. The number of aliphatic hydroxyl groups excluding tert-OH is 1. The Kier molecular flexibility index (Phi) is 7.83. The molecule has 0 unspecified atom stereocenters. The fourth-order valence-electron chi connectivity index (χ4n) is 0.694. The molecule has 0 saturated heterocycles. The Balaban J connectivity index is 3.72. The fraction of sp³-hybridized carbons (Fsp3) is 0.750. The van der Waals surface area contributed by atoms with Gasteiger partial charge in [-0.1, -0.05) is 11.8 Å². The van der Waals surface area contributed by atoms with E-state index in [0.717, 1.165) is 0 Å². The first kappa shape index (κ1) is 16.1. The molecule has 0 aliphatic heterocycles. The number of hydrogen-bond acceptors (Lipinski definition) is 8. The molecule has 9 heteroatoms. The molecule has 0 radical (unpaired) electrons. The van der Waals surface area contributed by atoms with Crippen LogP contribution in [-0.4, -0.2) is 69.7 Å². The summed E-state index contributed by atoms with van der Waals surface area (Å²) >= 11 is 0.617. The fourth-order valence-corrected chi connectivity index (χ4v) is 1.36. The summed E-state index contributed by atoms with van der Waals surface area (Å²) < 4.78 is 8.95. The van der Waals surface area contributed by atoms with Crippen LogP contribution in [0.15, 0.2) is 0 Å². The first-order valence-corrected chi connectivity index (χ1v) is 5.55. The molecular weight excluding hydrogens is 256 g/mol. The van der Waals surface area contributed by atoms with E-state index in [1.54, 1.807) is 0 Å². The summed E-state index contributed by atoms with van der Waals surface area (Å²) in [5.74, 6) is -3.19. The van der Waals surface area contributed by atoms with Gasteiger partial charge in [0, 0.05) is 5.75 Å². The molecule has 0 fully saturated rings. The number of rotatable bonds is 8. The van der Waals surface area contributed by atoms with Crippen LogP contribution in [0.2, 0.25) is 0 Å². The molecule has 0 aromatic heterocycles. The van der Waals surface area contributed by atoms with Crippen molar-refractivity contribution in [3.05, 3.63) is 0 Å². The van der Waals surface area contributed by atoms with E-state index >= 15 is 0 Å². The minimum Gasteiger partial charge on any atom is -0.473 e. The van der Waals surface area contributed by atoms with Crippen LogP contribution in [0.5, 0.6) is 0 Å². The maximum atomic E-state index is 10.5. The Bertz CT molecular complexity index is 254. The average Bonchev–Trinajstić information content (AvgIpc) is 2.25. The molecule has 100 valence electrons. The van der Waals surface area contributed by atoms with Gasteiger partial charge in [0.1, 0.15) is 0 Å². The van der Waals surface area contributed by atoms with Gasteiger partial charge >= 0.3 is 11.9 Å². The lowest BCUT2D eigenvalue weighted by Crippen LogP contribution is -2.33. The topological polar surface area (TPSA) is 134 Å². The van der Waals surface area contributed by atoms with Gasteiger partial charge in [0.05, 0.1) is 19.8 Å². The van der Waals surface area contributed by atoms with Crippen molar-refractivity contribution in [1.29, 1.82) is 0 Å². The van der Waals surface area contributed by atoms with E-state index in [0.29, 0.717) is 11.8 Å². The summed E-state index contributed by atoms with van der Waals surface area (Å²) in [6.45, 7) is -0.688. The third-order valence-electron chi connectivity index (χ3n) is 1.36. The highest BCUT2D eigenvalue weighted by Crippen LogP contribution is 2.19. The van der Waals surface area contributed by atoms with Crippen molar-refractivity contribution in [3.63, 3.8) is 0 Å². The summed E-state index contributed by atoms with van der Waals surface area (Å²) in [5.41, 5.74) is 0. The van der Waals surface area contributed by atoms with E-state index in [4.69, 9.17) is 14.9 Å². The standard InChI is InChI=1S/C8H14O8S/c9-1-2-15-3-4-17-8(13,14)5-16-7(12)6(10)11/h9,13-14H,1-5H2,(H,10,11). The predicted molar refractivity (Wildman–Crippen MR) is 56.1 cm³/mol. The van der Waals surface area contributed by atoms with Gasteiger partial charge in [0.15, 0.2) is 6.61 Å². The second kappa shape index (κ2) is 8.25. The first-order valence-electron chi connectivity index (χ1n) is 4.56. The van der Waals surface area contributed by atoms with Gasteiger partial charge in [-0.15, -0.1) is 0 Å². The quantitative estimate of drug-likeness (QED) is 0.171. The van der Waals surface area contributed by atoms with Crippen LogP contribution in [0.4, 0.5) is 0 Å². The van der Waals surface area contributed by atoms with Crippen LogP contribution >= 0.6 is 11.8 Å². The molecule has 0 bridgehead atoms. The Labute approximate surface area is 101 Å². The minimum absolute atomic E-state index is 0.135. The number of carbonyl (C=O) groups excluding carboxylic acids is 1. The Morgan fingerprint density at radius 1 is 1.24 bits per heavy atom. The zero-order valence-corrected chi connectivity index (χ0v) is 9.68. The molecule has 0 spiro atoms. The number of carboxylic acid groups (broad SMARTS) is 1. The van der Waals surface area contributed by atoms with Crippen LogP contribution in [0.25, 0.3) is 0 Å². The molecule has 0 aliphatic rings. The summed E-state index contributed by atoms with van der Waals surface area (Å²) in [7, 11) is 0. The van der Waals surface area contributed by atoms with Crippen LogP contribution in [0.1, 0.15) is 0 Å². The number of ether oxygens (including phenoxy) is 2. The first-order chi connectivity index (χ1) is 7.89. The van der Waals surface area contributed by atoms with Crippen molar-refractivity contribution < 1.29 is 39.5 Å². The lowest BCUT2D eigenvalue weighted by molar-refractivity contribution is -0.175. The summed E-state index contributed by atoms with van der Waals surface area (Å²) in [5, 5.41) is 32.7. The SMILES string of the molecule is O=C(O)C(=O)OCC(O)(O)SCCOCCO.